The van der Waals surface area contributed by atoms with Crippen LogP contribution in [0.25, 0.3) is 22.6 Å². The summed E-state index contributed by atoms with van der Waals surface area (Å²) in [5, 5.41) is 3.46. The normalized spacial score (nSPS) is 11.0. The Bertz CT molecular complexity index is 1210. The number of aromatic nitrogens is 1. The molecule has 4 nitrogen and oxygen atoms in total. The minimum atomic E-state index is -0.332. The molecule has 1 N–H and O–H groups in total. The first kappa shape index (κ1) is 18.5. The lowest BCUT2D eigenvalue weighted by Crippen LogP contribution is -2.13. The summed E-state index contributed by atoms with van der Waals surface area (Å²) < 4.78 is 5.87. The lowest BCUT2D eigenvalue weighted by atomic mass is 10.1. The van der Waals surface area contributed by atoms with E-state index in [1.165, 1.54) is 0 Å². The van der Waals surface area contributed by atoms with Crippen molar-refractivity contribution in [3.8, 4) is 11.5 Å². The van der Waals surface area contributed by atoms with Gasteiger partial charge < -0.3 is 9.73 Å². The summed E-state index contributed by atoms with van der Waals surface area (Å²) in [4.78, 5) is 17.2. The van der Waals surface area contributed by atoms with Gasteiger partial charge in [-0.05, 0) is 61.4 Å². The van der Waals surface area contributed by atoms with E-state index in [1.54, 1.807) is 18.2 Å². The van der Waals surface area contributed by atoms with Crippen LogP contribution in [-0.2, 0) is 0 Å². The Morgan fingerprint density at radius 2 is 1.86 bits per heavy atom. The highest BCUT2D eigenvalue weighted by Gasteiger charge is 2.15. The van der Waals surface area contributed by atoms with Gasteiger partial charge >= 0.3 is 0 Å². The predicted octanol–water partition coefficient (Wildman–Crippen LogP) is 6.67. The van der Waals surface area contributed by atoms with E-state index in [2.05, 4.69) is 10.3 Å². The number of amides is 1. The Morgan fingerprint density at radius 1 is 1.04 bits per heavy atom. The molecule has 0 bridgehead atoms. The van der Waals surface area contributed by atoms with Crippen LogP contribution in [-0.4, -0.2) is 10.9 Å². The Kier molecular flexibility index (Phi) is 4.84. The van der Waals surface area contributed by atoms with Gasteiger partial charge in [0.25, 0.3) is 5.91 Å². The average molecular weight is 411 g/mol. The first-order valence-corrected chi connectivity index (χ1v) is 9.41. The molecule has 0 unspecified atom stereocenters. The van der Waals surface area contributed by atoms with Crippen LogP contribution in [0.2, 0.25) is 10.0 Å². The third-order valence-electron chi connectivity index (χ3n) is 4.47. The van der Waals surface area contributed by atoms with Crippen molar-refractivity contribution in [2.45, 2.75) is 13.8 Å². The Hall–Kier alpha value is -2.82. The number of halogens is 2. The molecule has 4 rings (SSSR count). The van der Waals surface area contributed by atoms with Crippen molar-refractivity contribution in [3.05, 3.63) is 81.3 Å². The second-order valence-corrected chi connectivity index (χ2v) is 7.36. The van der Waals surface area contributed by atoms with Crippen molar-refractivity contribution in [3.63, 3.8) is 0 Å². The zero-order valence-corrected chi connectivity index (χ0v) is 16.7. The summed E-state index contributed by atoms with van der Waals surface area (Å²) in [6.45, 7) is 3.92. The standard InChI is InChI=1S/C22H16Cl2N2O2/c1-12-6-9-19-18(10-12)26-22(28-19)14-8-7-13(2)17(11-14)25-21(27)15-4-3-5-16(23)20(15)24/h3-11H,1-2H3,(H,25,27). The number of carbonyl (C=O) groups excluding carboxylic acids is 1. The maximum atomic E-state index is 12.7. The maximum absolute atomic E-state index is 12.7. The SMILES string of the molecule is Cc1ccc2oc(-c3ccc(C)c(NC(=O)c4cccc(Cl)c4Cl)c3)nc2c1. The van der Waals surface area contributed by atoms with Crippen molar-refractivity contribution in [2.24, 2.45) is 0 Å². The number of nitrogens with one attached hydrogen (secondary N) is 1. The van der Waals surface area contributed by atoms with Crippen molar-refractivity contribution in [1.29, 1.82) is 0 Å². The number of anilines is 1. The van der Waals surface area contributed by atoms with Gasteiger partial charge in [0.05, 0.1) is 15.6 Å². The second kappa shape index (κ2) is 7.30. The molecule has 0 aliphatic rings. The molecule has 0 saturated heterocycles. The Morgan fingerprint density at radius 3 is 2.68 bits per heavy atom. The lowest BCUT2D eigenvalue weighted by Gasteiger charge is -2.11. The molecule has 1 amide bonds. The zero-order valence-electron chi connectivity index (χ0n) is 15.2. The van der Waals surface area contributed by atoms with Gasteiger partial charge in [0.15, 0.2) is 5.58 Å². The number of oxazole rings is 1. The van der Waals surface area contributed by atoms with Gasteiger partial charge in [-0.15, -0.1) is 0 Å². The summed E-state index contributed by atoms with van der Waals surface area (Å²) in [7, 11) is 0. The van der Waals surface area contributed by atoms with Crippen LogP contribution in [0.5, 0.6) is 0 Å². The van der Waals surface area contributed by atoms with E-state index in [4.69, 9.17) is 27.6 Å². The fourth-order valence-corrected chi connectivity index (χ4v) is 3.31. The maximum Gasteiger partial charge on any atom is 0.257 e. The van der Waals surface area contributed by atoms with Crippen molar-refractivity contribution < 1.29 is 9.21 Å². The fourth-order valence-electron chi connectivity index (χ4n) is 2.92. The third kappa shape index (κ3) is 3.49. The second-order valence-electron chi connectivity index (χ2n) is 6.58. The van der Waals surface area contributed by atoms with Gasteiger partial charge in [-0.25, -0.2) is 4.98 Å². The average Bonchev–Trinajstić information content (AvgIpc) is 3.08. The van der Waals surface area contributed by atoms with Gasteiger partial charge in [0.1, 0.15) is 5.52 Å². The van der Waals surface area contributed by atoms with Crippen LogP contribution in [0.1, 0.15) is 21.5 Å². The summed E-state index contributed by atoms with van der Waals surface area (Å²) in [5.41, 5.74) is 5.27. The molecule has 0 atom stereocenters. The number of benzene rings is 3. The number of fused-ring (bicyclic) bond motifs is 1. The lowest BCUT2D eigenvalue weighted by molar-refractivity contribution is 0.102. The molecule has 28 heavy (non-hydrogen) atoms. The highest BCUT2D eigenvalue weighted by Crippen LogP contribution is 2.30. The minimum Gasteiger partial charge on any atom is -0.436 e. The van der Waals surface area contributed by atoms with Gasteiger partial charge in [-0.2, -0.15) is 0 Å². The monoisotopic (exact) mass is 410 g/mol. The molecule has 3 aromatic carbocycles. The molecule has 0 fully saturated rings. The number of hydrogen-bond acceptors (Lipinski definition) is 3. The summed E-state index contributed by atoms with van der Waals surface area (Å²) in [6, 6.07) is 16.5. The number of aryl methyl sites for hydroxylation is 2. The largest absolute Gasteiger partial charge is 0.436 e. The summed E-state index contributed by atoms with van der Waals surface area (Å²) in [5.74, 6) is 0.165. The molecule has 6 heteroatoms. The van der Waals surface area contributed by atoms with Crippen LogP contribution >= 0.6 is 23.2 Å². The van der Waals surface area contributed by atoms with Gasteiger partial charge in [0, 0.05) is 11.3 Å². The van der Waals surface area contributed by atoms with E-state index in [9.17, 15) is 4.79 Å². The van der Waals surface area contributed by atoms with Crippen LogP contribution in [0, 0.1) is 13.8 Å². The Labute approximate surface area is 172 Å². The van der Waals surface area contributed by atoms with E-state index in [1.807, 2.05) is 50.2 Å². The summed E-state index contributed by atoms with van der Waals surface area (Å²) >= 11 is 12.2. The van der Waals surface area contributed by atoms with Crippen molar-refractivity contribution in [2.75, 3.05) is 5.32 Å². The first-order chi connectivity index (χ1) is 13.4. The van der Waals surface area contributed by atoms with E-state index in [-0.39, 0.29) is 10.9 Å². The molecule has 0 saturated carbocycles. The van der Waals surface area contributed by atoms with E-state index >= 15 is 0 Å². The van der Waals surface area contributed by atoms with Crippen molar-refractivity contribution in [1.82, 2.24) is 4.98 Å². The van der Waals surface area contributed by atoms with E-state index in [0.29, 0.717) is 22.2 Å². The molecule has 1 heterocycles. The molecule has 1 aromatic heterocycles. The highest BCUT2D eigenvalue weighted by molar-refractivity contribution is 6.44. The third-order valence-corrected chi connectivity index (χ3v) is 5.29. The van der Waals surface area contributed by atoms with Gasteiger partial charge in [0.2, 0.25) is 5.89 Å². The highest BCUT2D eigenvalue weighted by atomic mass is 35.5. The fraction of sp³-hybridized carbons (Fsp3) is 0.0909. The molecular weight excluding hydrogens is 395 g/mol. The van der Waals surface area contributed by atoms with E-state index in [0.717, 1.165) is 27.8 Å². The molecule has 0 radical (unpaired) electrons. The molecular formula is C22H16Cl2N2O2. The van der Waals surface area contributed by atoms with Gasteiger partial charge in [-0.1, -0.05) is 41.4 Å². The van der Waals surface area contributed by atoms with Gasteiger partial charge in [-0.3, -0.25) is 4.79 Å². The number of carbonyl (C=O) groups is 1. The zero-order chi connectivity index (χ0) is 19.8. The summed E-state index contributed by atoms with van der Waals surface area (Å²) in [6.07, 6.45) is 0. The molecule has 140 valence electrons. The van der Waals surface area contributed by atoms with Crippen LogP contribution in [0.4, 0.5) is 5.69 Å². The topological polar surface area (TPSA) is 55.1 Å². The van der Waals surface area contributed by atoms with Crippen LogP contribution in [0.3, 0.4) is 0 Å². The molecule has 0 aliphatic carbocycles. The van der Waals surface area contributed by atoms with Crippen LogP contribution < -0.4 is 5.32 Å². The quantitative estimate of drug-likeness (QED) is 0.410. The number of nitrogens with zero attached hydrogens (tertiary/aromatic N) is 1. The number of rotatable bonds is 3. The molecule has 0 spiro atoms. The number of hydrogen-bond donors (Lipinski definition) is 1. The molecule has 4 aromatic rings. The predicted molar refractivity (Wildman–Crippen MR) is 113 cm³/mol. The molecule has 0 aliphatic heterocycles. The first-order valence-electron chi connectivity index (χ1n) is 8.66. The minimum absolute atomic E-state index is 0.227. The van der Waals surface area contributed by atoms with Crippen LogP contribution in [0.15, 0.2) is 59.0 Å². The smallest absolute Gasteiger partial charge is 0.257 e. The Balaban J connectivity index is 1.68. The van der Waals surface area contributed by atoms with Crippen molar-refractivity contribution >= 4 is 45.9 Å². The van der Waals surface area contributed by atoms with E-state index < -0.39 is 0 Å².